The first-order valence-corrected chi connectivity index (χ1v) is 8.80. The molecule has 2 aromatic rings. The van der Waals surface area contributed by atoms with Crippen LogP contribution in [0.5, 0.6) is 0 Å². The van der Waals surface area contributed by atoms with E-state index in [1.54, 1.807) is 36.4 Å². The summed E-state index contributed by atoms with van der Waals surface area (Å²) in [4.78, 5) is 25.5. The monoisotopic (exact) mass is 336 g/mol. The Balaban J connectivity index is 2.56. The Morgan fingerprint density at radius 1 is 0.880 bits per heavy atom. The van der Waals surface area contributed by atoms with Gasteiger partial charge in [-0.05, 0) is 32.9 Å². The number of ketones is 2. The molecule has 130 valence electrons. The molecule has 0 atom stereocenters. The van der Waals surface area contributed by atoms with E-state index in [2.05, 4.69) is 27.4 Å². The zero-order valence-electron chi connectivity index (χ0n) is 15.3. The Morgan fingerprint density at radius 2 is 1.48 bits per heavy atom. The lowest BCUT2D eigenvalue weighted by Crippen LogP contribution is -2.49. The van der Waals surface area contributed by atoms with Gasteiger partial charge < -0.3 is 0 Å². The molecule has 2 rings (SSSR count). The Labute approximate surface area is 150 Å². The molecule has 0 radical (unpaired) electrons. The molecule has 0 unspecified atom stereocenters. The van der Waals surface area contributed by atoms with Gasteiger partial charge in [-0.15, -0.1) is 0 Å². The molecule has 3 nitrogen and oxygen atoms in total. The fraction of sp³-hybridized carbons (Fsp3) is 0.273. The minimum atomic E-state index is -0.483. The first-order valence-electron chi connectivity index (χ1n) is 8.80. The van der Waals surface area contributed by atoms with Crippen molar-refractivity contribution in [1.29, 1.82) is 0 Å². The number of hydrogen-bond donors (Lipinski definition) is 0. The maximum atomic E-state index is 12.9. The lowest BCUT2D eigenvalue weighted by molar-refractivity contribution is 0.0816. The highest BCUT2D eigenvalue weighted by Crippen LogP contribution is 2.31. The number of carbonyl (C=O) groups is 2. The van der Waals surface area contributed by atoms with Crippen molar-refractivity contribution in [3.8, 4) is 0 Å². The number of carbonyl (C=O) groups excluding carboxylic acids is 2. The van der Waals surface area contributed by atoms with Crippen molar-refractivity contribution in [2.24, 2.45) is 0 Å². The largest absolute Gasteiger partial charge is 0.291 e. The van der Waals surface area contributed by atoms with Gasteiger partial charge in [0.2, 0.25) is 11.6 Å². The molecule has 0 heterocycles. The molecule has 25 heavy (non-hydrogen) atoms. The Hall–Kier alpha value is -2.52. The van der Waals surface area contributed by atoms with Crippen LogP contribution in [0.25, 0.3) is 6.08 Å². The summed E-state index contributed by atoms with van der Waals surface area (Å²) in [5.41, 5.74) is 2.66. The van der Waals surface area contributed by atoms with Crippen LogP contribution >= 0.6 is 0 Å². The highest BCUT2D eigenvalue weighted by molar-refractivity contribution is 6.49. The number of hydrogen-bond acceptors (Lipinski definition) is 2. The van der Waals surface area contributed by atoms with E-state index in [4.69, 9.17) is 0 Å². The Kier molecular flexibility index (Phi) is 6.05. The van der Waals surface area contributed by atoms with E-state index < -0.39 is 11.6 Å². The summed E-state index contributed by atoms with van der Waals surface area (Å²) in [7, 11) is 0. The molecule has 0 N–H and O–H groups in total. The zero-order chi connectivity index (χ0) is 18.4. The third-order valence-corrected chi connectivity index (χ3v) is 5.10. The van der Waals surface area contributed by atoms with Crippen LogP contribution in [0, 0.1) is 0 Å². The second-order valence-corrected chi connectivity index (χ2v) is 6.06. The molecule has 0 amide bonds. The van der Waals surface area contributed by atoms with E-state index in [0.717, 1.165) is 35.4 Å². The van der Waals surface area contributed by atoms with Gasteiger partial charge in [0.05, 0.1) is 19.6 Å². The van der Waals surface area contributed by atoms with Crippen LogP contribution in [-0.2, 0) is 0 Å². The molecule has 3 heteroatoms. The summed E-state index contributed by atoms with van der Waals surface area (Å²) in [6.07, 6.45) is 1.70. The predicted molar refractivity (Wildman–Crippen MR) is 105 cm³/mol. The van der Waals surface area contributed by atoms with E-state index in [0.29, 0.717) is 11.1 Å². The standard InChI is InChI=1S/C22H26NO2/c1-5-18-19(22(25)21(24)17-13-10-9-11-14-17)15-12-16-20(18)23(6-2,7-3)8-4/h5,9-16H,1,6-8H2,2-4H3/q+1. The van der Waals surface area contributed by atoms with Gasteiger partial charge in [-0.2, -0.15) is 0 Å². The molecular weight excluding hydrogens is 310 g/mol. The Bertz CT molecular complexity index is 766. The molecule has 0 aliphatic heterocycles. The van der Waals surface area contributed by atoms with Crippen molar-refractivity contribution in [2.75, 3.05) is 19.6 Å². The Morgan fingerprint density at radius 3 is 2.00 bits per heavy atom. The van der Waals surface area contributed by atoms with E-state index in [1.165, 1.54) is 0 Å². The summed E-state index contributed by atoms with van der Waals surface area (Å²) < 4.78 is 0.752. The van der Waals surface area contributed by atoms with Crippen LogP contribution < -0.4 is 4.48 Å². The fourth-order valence-corrected chi connectivity index (χ4v) is 3.40. The van der Waals surface area contributed by atoms with Crippen molar-refractivity contribution in [2.45, 2.75) is 20.8 Å². The molecule has 0 aliphatic rings. The number of benzene rings is 2. The van der Waals surface area contributed by atoms with Crippen LogP contribution in [0.2, 0.25) is 0 Å². The average molecular weight is 336 g/mol. The second kappa shape index (κ2) is 8.04. The predicted octanol–water partition coefficient (Wildman–Crippen LogP) is 4.76. The van der Waals surface area contributed by atoms with Crippen molar-refractivity contribution in [3.63, 3.8) is 0 Å². The van der Waals surface area contributed by atoms with Crippen molar-refractivity contribution < 1.29 is 9.59 Å². The average Bonchev–Trinajstić information content (AvgIpc) is 2.69. The summed E-state index contributed by atoms with van der Waals surface area (Å²) in [5, 5.41) is 0. The molecule has 2 aromatic carbocycles. The number of rotatable bonds is 8. The summed E-state index contributed by atoms with van der Waals surface area (Å²) in [5.74, 6) is -0.965. The summed E-state index contributed by atoms with van der Waals surface area (Å²) >= 11 is 0. The van der Waals surface area contributed by atoms with Gasteiger partial charge >= 0.3 is 0 Å². The SMILES string of the molecule is C=Cc1c(C(=O)C(=O)c2ccccc2)cccc1[N+](CC)(CC)CC. The third kappa shape index (κ3) is 3.47. The minimum Gasteiger partial charge on any atom is -0.291 e. The number of Topliss-reactive ketones (excluding diaryl/α,β-unsaturated/α-hetero) is 2. The first-order chi connectivity index (χ1) is 12.0. The van der Waals surface area contributed by atoms with Gasteiger partial charge in [-0.25, -0.2) is 0 Å². The van der Waals surface area contributed by atoms with E-state index in [-0.39, 0.29) is 0 Å². The second-order valence-electron chi connectivity index (χ2n) is 6.06. The van der Waals surface area contributed by atoms with E-state index >= 15 is 0 Å². The maximum absolute atomic E-state index is 12.9. The lowest BCUT2D eigenvalue weighted by atomic mass is 9.95. The van der Waals surface area contributed by atoms with Gasteiger partial charge in [0.25, 0.3) is 0 Å². The molecule has 0 spiro atoms. The van der Waals surface area contributed by atoms with E-state index in [1.807, 2.05) is 18.2 Å². The van der Waals surface area contributed by atoms with Crippen LogP contribution in [0.3, 0.4) is 0 Å². The summed E-state index contributed by atoms with van der Waals surface area (Å²) in [6.45, 7) is 13.1. The van der Waals surface area contributed by atoms with Gasteiger partial charge in [-0.1, -0.05) is 49.1 Å². The molecular formula is C22H26NO2+. The van der Waals surface area contributed by atoms with Gasteiger partial charge in [-0.3, -0.25) is 14.1 Å². The van der Waals surface area contributed by atoms with Crippen molar-refractivity contribution in [3.05, 3.63) is 71.8 Å². The van der Waals surface area contributed by atoms with Crippen molar-refractivity contribution in [1.82, 2.24) is 4.48 Å². The zero-order valence-corrected chi connectivity index (χ0v) is 15.3. The molecule has 0 saturated heterocycles. The molecule has 0 fully saturated rings. The summed E-state index contributed by atoms with van der Waals surface area (Å²) in [6, 6.07) is 14.3. The van der Waals surface area contributed by atoms with Crippen LogP contribution in [-0.4, -0.2) is 31.2 Å². The normalized spacial score (nSPS) is 11.2. The molecule has 0 aromatic heterocycles. The van der Waals surface area contributed by atoms with Crippen LogP contribution in [0.1, 0.15) is 47.1 Å². The maximum Gasteiger partial charge on any atom is 0.234 e. The topological polar surface area (TPSA) is 34.1 Å². The number of quaternary nitrogens is 1. The fourth-order valence-electron chi connectivity index (χ4n) is 3.40. The van der Waals surface area contributed by atoms with Gasteiger partial charge in [0.1, 0.15) is 5.69 Å². The molecule has 0 aliphatic carbocycles. The third-order valence-electron chi connectivity index (χ3n) is 5.10. The first kappa shape index (κ1) is 18.8. The quantitative estimate of drug-likeness (QED) is 0.395. The minimum absolute atomic E-state index is 0.412. The van der Waals surface area contributed by atoms with E-state index in [9.17, 15) is 9.59 Å². The van der Waals surface area contributed by atoms with Crippen LogP contribution in [0.15, 0.2) is 55.1 Å². The highest BCUT2D eigenvalue weighted by Gasteiger charge is 2.30. The highest BCUT2D eigenvalue weighted by atomic mass is 16.2. The lowest BCUT2D eigenvalue weighted by Gasteiger charge is -2.36. The van der Waals surface area contributed by atoms with Gasteiger partial charge in [0, 0.05) is 16.7 Å². The van der Waals surface area contributed by atoms with Gasteiger partial charge in [0.15, 0.2) is 0 Å². The molecule has 0 bridgehead atoms. The van der Waals surface area contributed by atoms with Crippen LogP contribution in [0.4, 0.5) is 5.69 Å². The number of nitrogens with zero attached hydrogens (tertiary/aromatic N) is 1. The molecule has 0 saturated carbocycles. The van der Waals surface area contributed by atoms with Crippen molar-refractivity contribution >= 4 is 23.3 Å². The smallest absolute Gasteiger partial charge is 0.234 e.